The standard InChI is InChI=1S/C42H65NO7/c1-6-8-10-12-14-16-18-19-20-21-23-25-27-29-31-33-41(45)50-38(36-48-35-34-39(42(46)47)43(3,4)5)37-49-40(44)32-30-28-26-24-22-17-15-13-11-9-7-2/h8-12,14-21,23-24,26,38-39H,6-7,13,22,25,27-37H2,1-5H3/p+1/b10-8+,11-9+,14-12+,17-15+,18-16+,20-19+,23-21+,26-24+. The van der Waals surface area contributed by atoms with Crippen molar-refractivity contribution in [3.8, 4) is 0 Å². The highest BCUT2D eigenvalue weighted by molar-refractivity contribution is 5.72. The maximum Gasteiger partial charge on any atom is 0.362 e. The molecule has 1 N–H and O–H groups in total. The first kappa shape index (κ1) is 46.2. The number of allylic oxidation sites excluding steroid dienone is 16. The number of hydrogen-bond donors (Lipinski definition) is 1. The van der Waals surface area contributed by atoms with E-state index in [4.69, 9.17) is 14.2 Å². The zero-order chi connectivity index (χ0) is 37.1. The van der Waals surface area contributed by atoms with E-state index in [2.05, 4.69) is 62.5 Å². The average molecular weight is 697 g/mol. The molecule has 0 rings (SSSR count). The number of carboxylic acid groups (broad SMARTS) is 1. The van der Waals surface area contributed by atoms with Crippen LogP contribution in [0.4, 0.5) is 0 Å². The van der Waals surface area contributed by atoms with Crippen LogP contribution in [0.5, 0.6) is 0 Å². The van der Waals surface area contributed by atoms with E-state index in [9.17, 15) is 19.5 Å². The molecule has 0 saturated heterocycles. The van der Waals surface area contributed by atoms with Gasteiger partial charge >= 0.3 is 17.9 Å². The highest BCUT2D eigenvalue weighted by Gasteiger charge is 2.31. The topological polar surface area (TPSA) is 99.1 Å². The minimum Gasteiger partial charge on any atom is -0.477 e. The van der Waals surface area contributed by atoms with Gasteiger partial charge in [0.2, 0.25) is 0 Å². The van der Waals surface area contributed by atoms with Gasteiger partial charge < -0.3 is 23.8 Å². The van der Waals surface area contributed by atoms with Crippen LogP contribution in [-0.2, 0) is 28.6 Å². The number of ether oxygens (including phenoxy) is 3. The maximum atomic E-state index is 12.6. The van der Waals surface area contributed by atoms with Crippen LogP contribution in [0.2, 0.25) is 0 Å². The number of esters is 2. The number of likely N-dealkylation sites (N-methyl/N-ethyl adjacent to an activating group) is 1. The molecule has 0 radical (unpaired) electrons. The lowest BCUT2D eigenvalue weighted by molar-refractivity contribution is -0.887. The summed E-state index contributed by atoms with van der Waals surface area (Å²) in [4.78, 5) is 36.7. The summed E-state index contributed by atoms with van der Waals surface area (Å²) in [7, 11) is 5.47. The van der Waals surface area contributed by atoms with Crippen LogP contribution < -0.4 is 0 Å². The van der Waals surface area contributed by atoms with Crippen molar-refractivity contribution >= 4 is 17.9 Å². The van der Waals surface area contributed by atoms with Gasteiger partial charge in [0.1, 0.15) is 6.61 Å². The van der Waals surface area contributed by atoms with E-state index in [0.29, 0.717) is 19.3 Å². The van der Waals surface area contributed by atoms with Crippen LogP contribution in [0.25, 0.3) is 0 Å². The molecule has 0 bridgehead atoms. The maximum absolute atomic E-state index is 12.6. The van der Waals surface area contributed by atoms with Crippen molar-refractivity contribution in [3.05, 3.63) is 97.2 Å². The first-order chi connectivity index (χ1) is 24.1. The summed E-state index contributed by atoms with van der Waals surface area (Å²) in [6.07, 6.45) is 41.8. The minimum absolute atomic E-state index is 0.0205. The molecule has 0 aromatic rings. The summed E-state index contributed by atoms with van der Waals surface area (Å²) in [6, 6.07) is -0.634. The van der Waals surface area contributed by atoms with E-state index in [1.807, 2.05) is 69.8 Å². The number of unbranched alkanes of at least 4 members (excludes halogenated alkanes) is 4. The molecular formula is C42H66NO7+. The van der Waals surface area contributed by atoms with Gasteiger partial charge in [0.25, 0.3) is 0 Å². The number of carbonyl (C=O) groups excluding carboxylic acids is 2. The molecule has 8 nitrogen and oxygen atoms in total. The highest BCUT2D eigenvalue weighted by Crippen LogP contribution is 2.11. The molecular weight excluding hydrogens is 630 g/mol. The van der Waals surface area contributed by atoms with E-state index in [1.54, 1.807) is 0 Å². The fourth-order valence-electron chi connectivity index (χ4n) is 4.54. The Morgan fingerprint density at radius 1 is 0.620 bits per heavy atom. The number of carbonyl (C=O) groups is 3. The second-order valence-electron chi connectivity index (χ2n) is 12.8. The second-order valence-corrected chi connectivity index (χ2v) is 12.8. The van der Waals surface area contributed by atoms with Crippen LogP contribution in [-0.4, -0.2) is 80.6 Å². The summed E-state index contributed by atoms with van der Waals surface area (Å²) in [5, 5.41) is 9.57. The van der Waals surface area contributed by atoms with Gasteiger partial charge in [-0.15, -0.1) is 0 Å². The number of carboxylic acids is 1. The Labute approximate surface area is 303 Å². The molecule has 0 amide bonds. The SMILES string of the molecule is CC/C=C/C=C/C=C/C=C/C=C/CCCCCC(=O)OC(COCCC(C(=O)O)[N+](C)(C)C)COC(=O)CCC/C=C/C/C=C/C/C=C/CC. The molecule has 0 aliphatic carbocycles. The molecule has 0 saturated carbocycles. The Balaban J connectivity index is 4.64. The largest absolute Gasteiger partial charge is 0.477 e. The summed E-state index contributed by atoms with van der Waals surface area (Å²) in [5.41, 5.74) is 0. The predicted octanol–water partition coefficient (Wildman–Crippen LogP) is 9.18. The van der Waals surface area contributed by atoms with Crippen molar-refractivity contribution in [2.75, 3.05) is 41.0 Å². The lowest BCUT2D eigenvalue weighted by Gasteiger charge is -2.31. The molecule has 0 spiro atoms. The van der Waals surface area contributed by atoms with Crippen molar-refractivity contribution in [1.82, 2.24) is 0 Å². The fraction of sp³-hybridized carbons (Fsp3) is 0.548. The molecule has 0 fully saturated rings. The lowest BCUT2D eigenvalue weighted by atomic mass is 10.1. The molecule has 0 heterocycles. The summed E-state index contributed by atoms with van der Waals surface area (Å²) >= 11 is 0. The second kappa shape index (κ2) is 32.5. The zero-order valence-electron chi connectivity index (χ0n) is 31.5. The molecule has 0 aromatic carbocycles. The van der Waals surface area contributed by atoms with Crippen molar-refractivity contribution in [2.24, 2.45) is 0 Å². The number of rotatable bonds is 30. The minimum atomic E-state index is -0.896. The molecule has 50 heavy (non-hydrogen) atoms. The van der Waals surface area contributed by atoms with Gasteiger partial charge in [0.15, 0.2) is 12.1 Å². The number of hydrogen-bond acceptors (Lipinski definition) is 6. The van der Waals surface area contributed by atoms with E-state index in [-0.39, 0.29) is 49.1 Å². The van der Waals surface area contributed by atoms with Gasteiger partial charge in [-0.2, -0.15) is 0 Å². The Hall–Kier alpha value is -3.75. The monoisotopic (exact) mass is 696 g/mol. The van der Waals surface area contributed by atoms with Gasteiger partial charge in [-0.1, -0.05) is 117 Å². The van der Waals surface area contributed by atoms with Gasteiger partial charge in [-0.05, 0) is 57.8 Å². The normalized spacial score (nSPS) is 14.2. The first-order valence-electron chi connectivity index (χ1n) is 18.3. The van der Waals surface area contributed by atoms with Gasteiger partial charge in [-0.3, -0.25) is 9.59 Å². The van der Waals surface area contributed by atoms with Gasteiger partial charge in [0, 0.05) is 19.3 Å². The lowest BCUT2D eigenvalue weighted by Crippen LogP contribution is -2.50. The van der Waals surface area contributed by atoms with Crippen LogP contribution in [0.15, 0.2) is 97.2 Å². The summed E-state index contributed by atoms with van der Waals surface area (Å²) < 4.78 is 17.1. The molecule has 8 heteroatoms. The smallest absolute Gasteiger partial charge is 0.362 e. The van der Waals surface area contributed by atoms with Crippen molar-refractivity contribution in [3.63, 3.8) is 0 Å². The fourth-order valence-corrected chi connectivity index (χ4v) is 4.54. The molecule has 280 valence electrons. The van der Waals surface area contributed by atoms with Crippen LogP contribution in [0, 0.1) is 0 Å². The van der Waals surface area contributed by atoms with E-state index < -0.39 is 18.1 Å². The molecule has 0 aliphatic rings. The zero-order valence-corrected chi connectivity index (χ0v) is 31.5. The third-order valence-electron chi connectivity index (χ3n) is 7.36. The van der Waals surface area contributed by atoms with Gasteiger partial charge in [0.05, 0.1) is 34.4 Å². The summed E-state index contributed by atoms with van der Waals surface area (Å²) in [5.74, 6) is -1.62. The Morgan fingerprint density at radius 2 is 1.18 bits per heavy atom. The van der Waals surface area contributed by atoms with E-state index >= 15 is 0 Å². The molecule has 2 unspecified atom stereocenters. The Morgan fingerprint density at radius 3 is 1.80 bits per heavy atom. The molecule has 2 atom stereocenters. The van der Waals surface area contributed by atoms with Crippen LogP contribution >= 0.6 is 0 Å². The average Bonchev–Trinajstić information content (AvgIpc) is 3.06. The number of aliphatic carboxylic acids is 1. The number of nitrogens with zero attached hydrogens (tertiary/aromatic N) is 1. The van der Waals surface area contributed by atoms with Crippen LogP contribution in [0.3, 0.4) is 0 Å². The van der Waals surface area contributed by atoms with Crippen LogP contribution in [0.1, 0.15) is 97.3 Å². The Bertz CT molecular complexity index is 1140. The van der Waals surface area contributed by atoms with Gasteiger partial charge in [-0.25, -0.2) is 4.79 Å². The van der Waals surface area contributed by atoms with E-state index in [1.165, 1.54) is 0 Å². The molecule has 0 aromatic heterocycles. The number of quaternary nitrogens is 1. The third kappa shape index (κ3) is 30.3. The first-order valence-corrected chi connectivity index (χ1v) is 18.3. The third-order valence-corrected chi connectivity index (χ3v) is 7.36. The van der Waals surface area contributed by atoms with E-state index in [0.717, 1.165) is 51.4 Å². The predicted molar refractivity (Wildman–Crippen MR) is 206 cm³/mol. The van der Waals surface area contributed by atoms with Crippen molar-refractivity contribution < 1.29 is 38.2 Å². The molecule has 0 aliphatic heterocycles. The summed E-state index contributed by atoms with van der Waals surface area (Å²) in [6.45, 7) is 4.32. The quantitative estimate of drug-likeness (QED) is 0.0263. The Kier molecular flexibility index (Phi) is 30.0. The van der Waals surface area contributed by atoms with Crippen molar-refractivity contribution in [1.29, 1.82) is 0 Å². The van der Waals surface area contributed by atoms with Crippen molar-refractivity contribution in [2.45, 2.75) is 109 Å². The highest BCUT2D eigenvalue weighted by atomic mass is 16.6.